The van der Waals surface area contributed by atoms with Gasteiger partial charge in [0.1, 0.15) is 0 Å². The molecule has 0 amide bonds. The highest BCUT2D eigenvalue weighted by Gasteiger charge is 2.09. The van der Waals surface area contributed by atoms with Crippen LogP contribution in [0.15, 0.2) is 30.5 Å². The average Bonchev–Trinajstić information content (AvgIpc) is 2.39. The number of nitrogens with zero attached hydrogens (tertiary/aromatic N) is 3. The number of aromatic nitrogens is 2. The molecule has 2 rings (SSSR count). The van der Waals surface area contributed by atoms with Crippen molar-refractivity contribution in [2.75, 3.05) is 25.0 Å². The van der Waals surface area contributed by atoms with Gasteiger partial charge in [0.2, 0.25) is 5.95 Å². The van der Waals surface area contributed by atoms with Gasteiger partial charge in [-0.15, -0.1) is 0 Å². The molecule has 0 bridgehead atoms. The molecule has 0 aliphatic heterocycles. The molecule has 0 radical (unpaired) electrons. The van der Waals surface area contributed by atoms with Crippen LogP contribution in [0.25, 0.3) is 11.3 Å². The second-order valence-electron chi connectivity index (χ2n) is 4.08. The summed E-state index contributed by atoms with van der Waals surface area (Å²) in [6.45, 7) is 1.24. The minimum absolute atomic E-state index is 0.547. The lowest BCUT2D eigenvalue weighted by atomic mass is 10.1. The van der Waals surface area contributed by atoms with Gasteiger partial charge in [0.15, 0.2) is 0 Å². The molecule has 0 saturated heterocycles. The molecule has 1 aromatic heterocycles. The van der Waals surface area contributed by atoms with Gasteiger partial charge in [0.25, 0.3) is 0 Å². The molecule has 0 atom stereocenters. The summed E-state index contributed by atoms with van der Waals surface area (Å²) in [5.41, 5.74) is 7.11. The molecule has 0 fully saturated rings. The van der Waals surface area contributed by atoms with Crippen molar-refractivity contribution in [2.45, 2.75) is 0 Å². The number of nitrogens with two attached hydrogens (primary N) is 1. The van der Waals surface area contributed by atoms with Crippen LogP contribution in [0.4, 0.5) is 5.95 Å². The van der Waals surface area contributed by atoms with Crippen molar-refractivity contribution in [3.63, 3.8) is 0 Å². The van der Waals surface area contributed by atoms with E-state index in [0.717, 1.165) is 11.3 Å². The molecule has 6 heteroatoms. The van der Waals surface area contributed by atoms with Crippen LogP contribution in [0, 0.1) is 0 Å². The molecule has 1 aromatic carbocycles. The number of anilines is 1. The number of benzene rings is 1. The molecule has 0 aliphatic carbocycles. The van der Waals surface area contributed by atoms with E-state index in [9.17, 15) is 0 Å². The van der Waals surface area contributed by atoms with Crippen LogP contribution < -0.4 is 10.6 Å². The molecule has 19 heavy (non-hydrogen) atoms. The van der Waals surface area contributed by atoms with Crippen molar-refractivity contribution in [3.8, 4) is 11.3 Å². The SMILES string of the molecule is CN(CCN)c1nccc(-c2ccc(Cl)cc2Cl)n1. The first-order valence-electron chi connectivity index (χ1n) is 5.81. The zero-order valence-corrected chi connectivity index (χ0v) is 12.0. The number of hydrogen-bond acceptors (Lipinski definition) is 4. The van der Waals surface area contributed by atoms with E-state index in [1.807, 2.05) is 24.1 Å². The summed E-state index contributed by atoms with van der Waals surface area (Å²) in [5.74, 6) is 0.619. The minimum Gasteiger partial charge on any atom is -0.343 e. The van der Waals surface area contributed by atoms with E-state index in [1.165, 1.54) is 0 Å². The average molecular weight is 297 g/mol. The predicted octanol–water partition coefficient (Wildman–Crippen LogP) is 2.85. The molecule has 2 N–H and O–H groups in total. The first kappa shape index (κ1) is 14.1. The van der Waals surface area contributed by atoms with Gasteiger partial charge in [-0.25, -0.2) is 9.97 Å². The fourth-order valence-electron chi connectivity index (χ4n) is 1.67. The Morgan fingerprint density at radius 3 is 2.74 bits per heavy atom. The van der Waals surface area contributed by atoms with Crippen LogP contribution in [0.1, 0.15) is 0 Å². The van der Waals surface area contributed by atoms with Gasteiger partial charge >= 0.3 is 0 Å². The first-order chi connectivity index (χ1) is 9.11. The maximum Gasteiger partial charge on any atom is 0.225 e. The summed E-state index contributed by atoms with van der Waals surface area (Å²) in [6.07, 6.45) is 1.70. The molecule has 0 spiro atoms. The van der Waals surface area contributed by atoms with Crippen LogP contribution in [0.3, 0.4) is 0 Å². The van der Waals surface area contributed by atoms with E-state index in [-0.39, 0.29) is 0 Å². The largest absolute Gasteiger partial charge is 0.343 e. The Morgan fingerprint density at radius 1 is 1.26 bits per heavy atom. The van der Waals surface area contributed by atoms with Crippen molar-refractivity contribution in [1.29, 1.82) is 0 Å². The lowest BCUT2D eigenvalue weighted by molar-refractivity contribution is 0.847. The molecule has 100 valence electrons. The van der Waals surface area contributed by atoms with Gasteiger partial charge in [-0.05, 0) is 24.3 Å². The topological polar surface area (TPSA) is 55.0 Å². The highest BCUT2D eigenvalue weighted by molar-refractivity contribution is 6.36. The normalized spacial score (nSPS) is 10.5. The Bertz CT molecular complexity index is 574. The number of rotatable bonds is 4. The fourth-order valence-corrected chi connectivity index (χ4v) is 2.18. The number of halogens is 2. The third-order valence-corrected chi connectivity index (χ3v) is 3.20. The third-order valence-electron chi connectivity index (χ3n) is 2.66. The Labute approximate surface area is 122 Å². The van der Waals surface area contributed by atoms with E-state index in [0.29, 0.717) is 29.1 Å². The first-order valence-corrected chi connectivity index (χ1v) is 6.57. The summed E-state index contributed by atoms with van der Waals surface area (Å²) in [7, 11) is 1.90. The van der Waals surface area contributed by atoms with Crippen LogP contribution >= 0.6 is 23.2 Å². The van der Waals surface area contributed by atoms with Crippen molar-refractivity contribution in [1.82, 2.24) is 9.97 Å². The van der Waals surface area contributed by atoms with Crippen molar-refractivity contribution < 1.29 is 0 Å². The van der Waals surface area contributed by atoms with Crippen LogP contribution in [0.5, 0.6) is 0 Å². The minimum atomic E-state index is 0.547. The van der Waals surface area contributed by atoms with Gasteiger partial charge in [0.05, 0.1) is 10.7 Å². The highest BCUT2D eigenvalue weighted by atomic mass is 35.5. The van der Waals surface area contributed by atoms with Crippen molar-refractivity contribution in [3.05, 3.63) is 40.5 Å². The Kier molecular flexibility index (Phi) is 4.58. The summed E-state index contributed by atoms with van der Waals surface area (Å²) in [4.78, 5) is 10.6. The molecular formula is C13H14Cl2N4. The van der Waals surface area contributed by atoms with Gasteiger partial charge in [-0.2, -0.15) is 0 Å². The quantitative estimate of drug-likeness (QED) is 0.943. The Morgan fingerprint density at radius 2 is 2.05 bits per heavy atom. The predicted molar refractivity (Wildman–Crippen MR) is 79.8 cm³/mol. The van der Waals surface area contributed by atoms with Gasteiger partial charge in [-0.1, -0.05) is 23.2 Å². The molecule has 0 aliphatic rings. The van der Waals surface area contributed by atoms with Gasteiger partial charge < -0.3 is 10.6 Å². The molecule has 2 aromatic rings. The zero-order chi connectivity index (χ0) is 13.8. The molecule has 0 saturated carbocycles. The maximum absolute atomic E-state index is 6.18. The third kappa shape index (κ3) is 3.35. The number of likely N-dealkylation sites (N-methyl/N-ethyl adjacent to an activating group) is 1. The van der Waals surface area contributed by atoms with E-state index < -0.39 is 0 Å². The summed E-state index contributed by atoms with van der Waals surface area (Å²) in [5, 5.41) is 1.17. The van der Waals surface area contributed by atoms with E-state index in [1.54, 1.807) is 18.3 Å². The number of hydrogen-bond donors (Lipinski definition) is 1. The van der Waals surface area contributed by atoms with Gasteiger partial charge in [0, 0.05) is 36.9 Å². The second-order valence-corrected chi connectivity index (χ2v) is 4.92. The smallest absolute Gasteiger partial charge is 0.225 e. The van der Waals surface area contributed by atoms with E-state index in [2.05, 4.69) is 9.97 Å². The second kappa shape index (κ2) is 6.19. The van der Waals surface area contributed by atoms with E-state index >= 15 is 0 Å². The summed E-state index contributed by atoms with van der Waals surface area (Å²) < 4.78 is 0. The summed E-state index contributed by atoms with van der Waals surface area (Å²) >= 11 is 12.1. The van der Waals surface area contributed by atoms with Crippen LogP contribution in [0.2, 0.25) is 10.0 Å². The summed E-state index contributed by atoms with van der Waals surface area (Å²) in [6, 6.07) is 7.15. The Balaban J connectivity index is 2.37. The fraction of sp³-hybridized carbons (Fsp3) is 0.231. The van der Waals surface area contributed by atoms with Crippen LogP contribution in [-0.2, 0) is 0 Å². The molecule has 4 nitrogen and oxygen atoms in total. The highest BCUT2D eigenvalue weighted by Crippen LogP contribution is 2.29. The maximum atomic E-state index is 6.18. The monoisotopic (exact) mass is 296 g/mol. The van der Waals surface area contributed by atoms with Gasteiger partial charge in [-0.3, -0.25) is 0 Å². The zero-order valence-electron chi connectivity index (χ0n) is 10.5. The van der Waals surface area contributed by atoms with Crippen LogP contribution in [-0.4, -0.2) is 30.1 Å². The molecule has 0 unspecified atom stereocenters. The Hall–Kier alpha value is -1.36. The molecule has 1 heterocycles. The lowest BCUT2D eigenvalue weighted by Gasteiger charge is -2.16. The van der Waals surface area contributed by atoms with E-state index in [4.69, 9.17) is 28.9 Å². The standard InChI is InChI=1S/C13H14Cl2N4/c1-19(7-5-16)13-17-6-4-12(18-13)10-3-2-9(14)8-11(10)15/h2-4,6,8H,5,7,16H2,1H3. The van der Waals surface area contributed by atoms with Crippen molar-refractivity contribution in [2.24, 2.45) is 5.73 Å². The van der Waals surface area contributed by atoms with Crippen molar-refractivity contribution >= 4 is 29.2 Å². The molecular weight excluding hydrogens is 283 g/mol. The lowest BCUT2D eigenvalue weighted by Crippen LogP contribution is -2.26.